The molecule has 1 aromatic rings. The lowest BCUT2D eigenvalue weighted by atomic mass is 10.00. The number of rotatable bonds is 5. The molecule has 4 heteroatoms. The Bertz CT molecular complexity index is 555. The van der Waals surface area contributed by atoms with E-state index in [4.69, 9.17) is 4.74 Å². The zero-order valence-electron chi connectivity index (χ0n) is 16.3. The second kappa shape index (κ2) is 12.5. The van der Waals surface area contributed by atoms with Gasteiger partial charge < -0.3 is 4.74 Å². The van der Waals surface area contributed by atoms with Crippen LogP contribution < -0.4 is 10.2 Å². The molecule has 0 spiro atoms. The Morgan fingerprint density at radius 1 is 0.962 bits per heavy atom. The van der Waals surface area contributed by atoms with Crippen LogP contribution in [0, 0.1) is 0 Å². The zero-order valence-corrected chi connectivity index (χ0v) is 16.3. The van der Waals surface area contributed by atoms with Crippen molar-refractivity contribution in [2.24, 2.45) is 5.10 Å². The van der Waals surface area contributed by atoms with Gasteiger partial charge in [-0.15, -0.1) is 0 Å². The Morgan fingerprint density at radius 2 is 1.54 bits per heavy atom. The van der Waals surface area contributed by atoms with Crippen molar-refractivity contribution >= 4 is 11.6 Å². The number of hydrogen-bond acceptors (Lipinski definition) is 3. The number of carbonyl (C=O) groups excluding carboxylic acids is 1. The molecule has 0 bridgehead atoms. The molecule has 1 saturated carbocycles. The van der Waals surface area contributed by atoms with Crippen LogP contribution in [0.25, 0.3) is 0 Å². The van der Waals surface area contributed by atoms with Gasteiger partial charge in [0, 0.05) is 5.71 Å². The van der Waals surface area contributed by atoms with Crippen LogP contribution in [0.15, 0.2) is 29.4 Å². The molecule has 1 amide bonds. The maximum atomic E-state index is 12.6. The van der Waals surface area contributed by atoms with Gasteiger partial charge in [0.2, 0.25) is 0 Å². The standard InChI is InChI=1S/C22H34N2O2/c1-2-18-26-21-17-13-12-16-20(21)22(25)24-23-19-14-10-8-6-4-3-5-7-9-11-15-19/h12-13,16-17H,2-11,14-15,18H2,1H3,(H,24,25). The zero-order chi connectivity index (χ0) is 18.5. The molecule has 1 aromatic carbocycles. The normalized spacial score (nSPS) is 16.9. The average molecular weight is 359 g/mol. The molecule has 0 unspecified atom stereocenters. The van der Waals surface area contributed by atoms with Gasteiger partial charge in [0.25, 0.3) is 5.91 Å². The Hall–Kier alpha value is -1.84. The van der Waals surface area contributed by atoms with Crippen LogP contribution in [0.2, 0.25) is 0 Å². The van der Waals surface area contributed by atoms with E-state index >= 15 is 0 Å². The van der Waals surface area contributed by atoms with E-state index < -0.39 is 0 Å². The predicted octanol–water partition coefficient (Wildman–Crippen LogP) is 5.87. The van der Waals surface area contributed by atoms with Crippen LogP contribution in [0.5, 0.6) is 5.75 Å². The minimum absolute atomic E-state index is 0.185. The minimum Gasteiger partial charge on any atom is -0.493 e. The largest absolute Gasteiger partial charge is 0.493 e. The first-order valence-corrected chi connectivity index (χ1v) is 10.4. The van der Waals surface area contributed by atoms with Crippen LogP contribution in [-0.2, 0) is 0 Å². The van der Waals surface area contributed by atoms with E-state index in [2.05, 4.69) is 17.5 Å². The molecule has 0 radical (unpaired) electrons. The van der Waals surface area contributed by atoms with Gasteiger partial charge in [-0.25, -0.2) is 5.43 Å². The van der Waals surface area contributed by atoms with Crippen molar-refractivity contribution in [2.45, 2.75) is 84.0 Å². The summed E-state index contributed by atoms with van der Waals surface area (Å²) >= 11 is 0. The van der Waals surface area contributed by atoms with Gasteiger partial charge in [-0.05, 0) is 44.2 Å². The number of nitrogens with zero attached hydrogens (tertiary/aromatic N) is 1. The molecule has 1 aliphatic carbocycles. The third-order valence-corrected chi connectivity index (χ3v) is 4.84. The monoisotopic (exact) mass is 358 g/mol. The van der Waals surface area contributed by atoms with Crippen molar-refractivity contribution in [3.8, 4) is 5.75 Å². The van der Waals surface area contributed by atoms with Gasteiger partial charge in [-0.2, -0.15) is 5.10 Å². The molecule has 1 fully saturated rings. The molecular formula is C22H34N2O2. The molecule has 1 N–H and O–H groups in total. The molecule has 0 aromatic heterocycles. The first-order chi connectivity index (χ1) is 12.8. The summed E-state index contributed by atoms with van der Waals surface area (Å²) in [6.07, 6.45) is 14.5. The molecule has 2 rings (SSSR count). The molecule has 0 saturated heterocycles. The lowest BCUT2D eigenvalue weighted by Crippen LogP contribution is -2.21. The SMILES string of the molecule is CCCOc1ccccc1C(=O)NN=C1CCCCCCCCCCC1. The molecule has 0 aliphatic heterocycles. The molecule has 0 heterocycles. The molecule has 144 valence electrons. The van der Waals surface area contributed by atoms with Crippen molar-refractivity contribution in [1.29, 1.82) is 0 Å². The maximum Gasteiger partial charge on any atom is 0.275 e. The molecule has 26 heavy (non-hydrogen) atoms. The number of amides is 1. The van der Waals surface area contributed by atoms with Gasteiger partial charge in [0.1, 0.15) is 5.75 Å². The predicted molar refractivity (Wildman–Crippen MR) is 108 cm³/mol. The highest BCUT2D eigenvalue weighted by atomic mass is 16.5. The first-order valence-electron chi connectivity index (χ1n) is 10.4. The van der Waals surface area contributed by atoms with Crippen LogP contribution >= 0.6 is 0 Å². The summed E-state index contributed by atoms with van der Waals surface area (Å²) in [5.74, 6) is 0.445. The highest BCUT2D eigenvalue weighted by Gasteiger charge is 2.12. The summed E-state index contributed by atoms with van der Waals surface area (Å²) in [6.45, 7) is 2.66. The third-order valence-electron chi connectivity index (χ3n) is 4.84. The maximum absolute atomic E-state index is 12.6. The van der Waals surface area contributed by atoms with Gasteiger partial charge in [0.15, 0.2) is 0 Å². The van der Waals surface area contributed by atoms with Gasteiger partial charge in [0.05, 0.1) is 12.2 Å². The first kappa shape index (κ1) is 20.5. The molecule has 1 aliphatic rings. The Labute approximate surface area is 158 Å². The summed E-state index contributed by atoms with van der Waals surface area (Å²) in [7, 11) is 0. The quantitative estimate of drug-likeness (QED) is 0.670. The molecule has 0 atom stereocenters. The second-order valence-electron chi connectivity index (χ2n) is 7.15. The molecule has 4 nitrogen and oxygen atoms in total. The van der Waals surface area contributed by atoms with E-state index in [1.54, 1.807) is 6.07 Å². The van der Waals surface area contributed by atoms with Crippen LogP contribution in [0.4, 0.5) is 0 Å². The number of hydrogen-bond donors (Lipinski definition) is 1. The summed E-state index contributed by atoms with van der Waals surface area (Å²) in [6, 6.07) is 7.38. The average Bonchev–Trinajstić information content (AvgIpc) is 2.66. The number of hydrazone groups is 1. The fraction of sp³-hybridized carbons (Fsp3) is 0.636. The van der Waals surface area contributed by atoms with Crippen LogP contribution in [-0.4, -0.2) is 18.2 Å². The number of carbonyl (C=O) groups is 1. The number of benzene rings is 1. The van der Waals surface area contributed by atoms with E-state index in [9.17, 15) is 4.79 Å². The van der Waals surface area contributed by atoms with Gasteiger partial charge in [-0.3, -0.25) is 4.79 Å². The topological polar surface area (TPSA) is 50.7 Å². The van der Waals surface area contributed by atoms with Gasteiger partial charge in [-0.1, -0.05) is 64.0 Å². The summed E-state index contributed by atoms with van der Waals surface area (Å²) in [4.78, 5) is 12.6. The van der Waals surface area contributed by atoms with Crippen molar-refractivity contribution in [1.82, 2.24) is 5.43 Å². The lowest BCUT2D eigenvalue weighted by molar-refractivity contribution is 0.0950. The van der Waals surface area contributed by atoms with Crippen molar-refractivity contribution < 1.29 is 9.53 Å². The van der Waals surface area contributed by atoms with Crippen LogP contribution in [0.3, 0.4) is 0 Å². The van der Waals surface area contributed by atoms with E-state index in [-0.39, 0.29) is 5.91 Å². The Kier molecular flexibility index (Phi) is 9.84. The van der Waals surface area contributed by atoms with Crippen LogP contribution in [0.1, 0.15) is 94.3 Å². The van der Waals surface area contributed by atoms with E-state index in [1.165, 1.54) is 57.8 Å². The van der Waals surface area contributed by atoms with E-state index in [1.807, 2.05) is 18.2 Å². The molecular weight excluding hydrogens is 324 g/mol. The number of para-hydroxylation sites is 1. The number of nitrogens with one attached hydrogen (secondary N) is 1. The fourth-order valence-corrected chi connectivity index (χ4v) is 3.31. The highest BCUT2D eigenvalue weighted by molar-refractivity contribution is 5.97. The fourth-order valence-electron chi connectivity index (χ4n) is 3.31. The van der Waals surface area contributed by atoms with E-state index in [0.29, 0.717) is 17.9 Å². The summed E-state index contributed by atoms with van der Waals surface area (Å²) in [5, 5.41) is 4.47. The smallest absolute Gasteiger partial charge is 0.275 e. The highest BCUT2D eigenvalue weighted by Crippen LogP contribution is 2.19. The van der Waals surface area contributed by atoms with Gasteiger partial charge >= 0.3 is 0 Å². The van der Waals surface area contributed by atoms with Crippen molar-refractivity contribution in [3.63, 3.8) is 0 Å². The Morgan fingerprint density at radius 3 is 2.15 bits per heavy atom. The minimum atomic E-state index is -0.185. The summed E-state index contributed by atoms with van der Waals surface area (Å²) < 4.78 is 5.68. The Balaban J connectivity index is 1.95. The number of ether oxygens (including phenoxy) is 1. The summed E-state index contributed by atoms with van der Waals surface area (Å²) in [5.41, 5.74) is 4.45. The second-order valence-corrected chi connectivity index (χ2v) is 7.15. The third kappa shape index (κ3) is 7.59. The van der Waals surface area contributed by atoms with E-state index in [0.717, 1.165) is 25.0 Å². The lowest BCUT2D eigenvalue weighted by Gasteiger charge is -2.11. The van der Waals surface area contributed by atoms with Crippen molar-refractivity contribution in [3.05, 3.63) is 29.8 Å². The van der Waals surface area contributed by atoms with Crippen molar-refractivity contribution in [2.75, 3.05) is 6.61 Å².